The van der Waals surface area contributed by atoms with Gasteiger partial charge in [0.15, 0.2) is 0 Å². The first-order valence-corrected chi connectivity index (χ1v) is 7.25. The van der Waals surface area contributed by atoms with Crippen molar-refractivity contribution >= 4 is 29.7 Å². The second-order valence-corrected chi connectivity index (χ2v) is 4.87. The number of nitrogens with zero attached hydrogens (tertiary/aromatic N) is 1. The van der Waals surface area contributed by atoms with Crippen molar-refractivity contribution in [2.45, 2.75) is 52.1 Å². The highest BCUT2D eigenvalue weighted by atomic mass is 16.7. The Labute approximate surface area is 132 Å². The Balaban J connectivity index is 2.63. The van der Waals surface area contributed by atoms with Crippen molar-refractivity contribution < 1.29 is 38.3 Å². The molecular weight excluding hydrogens is 310 g/mol. The van der Waals surface area contributed by atoms with Crippen molar-refractivity contribution in [2.75, 3.05) is 6.61 Å². The lowest BCUT2D eigenvalue weighted by atomic mass is 10.2. The topological polar surface area (TPSA) is 116 Å². The molecule has 1 aliphatic heterocycles. The third-order valence-electron chi connectivity index (χ3n) is 2.87. The molecule has 1 saturated heterocycles. The Kier molecular flexibility index (Phi) is 7.17. The van der Waals surface area contributed by atoms with Gasteiger partial charge in [0.05, 0.1) is 13.0 Å². The van der Waals surface area contributed by atoms with E-state index >= 15 is 0 Å². The summed E-state index contributed by atoms with van der Waals surface area (Å²) in [6.07, 6.45) is -0.791. The second kappa shape index (κ2) is 8.86. The summed E-state index contributed by atoms with van der Waals surface area (Å²) in [5, 5.41) is 0.321. The monoisotopic (exact) mass is 329 g/mol. The molecule has 1 atom stereocenters. The Morgan fingerprint density at radius 2 is 1.78 bits per heavy atom. The highest BCUT2D eigenvalue weighted by Crippen LogP contribution is 2.14. The van der Waals surface area contributed by atoms with Crippen LogP contribution in [0.1, 0.15) is 46.0 Å². The Bertz CT molecular complexity index is 485. The molecule has 0 saturated carbocycles. The number of unbranched alkanes of at least 4 members (excludes halogenated alkanes) is 1. The maximum Gasteiger partial charge on any atom is 0.374 e. The first-order chi connectivity index (χ1) is 10.8. The minimum Gasteiger partial charge on any atom is -0.466 e. The van der Waals surface area contributed by atoms with Gasteiger partial charge < -0.3 is 14.3 Å². The molecule has 1 aliphatic rings. The fraction of sp³-hybridized carbons (Fsp3) is 0.643. The average molecular weight is 329 g/mol. The Morgan fingerprint density at radius 3 is 2.30 bits per heavy atom. The molecule has 23 heavy (non-hydrogen) atoms. The van der Waals surface area contributed by atoms with Crippen LogP contribution in [0.25, 0.3) is 0 Å². The number of carbonyl (C=O) groups excluding carboxylic acids is 5. The van der Waals surface area contributed by atoms with Crippen LogP contribution < -0.4 is 0 Å². The number of hydrogen-bond donors (Lipinski definition) is 0. The number of ether oxygens (including phenoxy) is 2. The third-order valence-corrected chi connectivity index (χ3v) is 2.87. The number of esters is 2. The quantitative estimate of drug-likeness (QED) is 0.354. The molecule has 1 fully saturated rings. The minimum atomic E-state index is -1.58. The van der Waals surface area contributed by atoms with E-state index in [4.69, 9.17) is 9.47 Å². The molecule has 9 nitrogen and oxygen atoms in total. The molecule has 0 N–H and O–H groups in total. The van der Waals surface area contributed by atoms with E-state index in [9.17, 15) is 24.0 Å². The fourth-order valence-electron chi connectivity index (χ4n) is 1.72. The molecule has 1 rings (SSSR count). The number of imide groups is 1. The van der Waals surface area contributed by atoms with Gasteiger partial charge in [-0.25, -0.2) is 4.79 Å². The van der Waals surface area contributed by atoms with E-state index < -0.39 is 42.2 Å². The summed E-state index contributed by atoms with van der Waals surface area (Å²) in [6.45, 7) is 3.14. The van der Waals surface area contributed by atoms with E-state index in [1.54, 1.807) is 0 Å². The van der Waals surface area contributed by atoms with Crippen molar-refractivity contribution in [2.24, 2.45) is 0 Å². The van der Waals surface area contributed by atoms with Crippen LogP contribution in [0.4, 0.5) is 0 Å². The fourth-order valence-corrected chi connectivity index (χ4v) is 1.72. The van der Waals surface area contributed by atoms with Crippen molar-refractivity contribution in [3.63, 3.8) is 0 Å². The zero-order valence-electron chi connectivity index (χ0n) is 13.0. The zero-order valence-corrected chi connectivity index (χ0v) is 13.0. The van der Waals surface area contributed by atoms with Gasteiger partial charge in [0, 0.05) is 19.8 Å². The molecule has 0 aromatic carbocycles. The molecule has 1 heterocycles. The summed E-state index contributed by atoms with van der Waals surface area (Å²) >= 11 is 0. The number of hydrogen-bond acceptors (Lipinski definition) is 8. The van der Waals surface area contributed by atoms with Gasteiger partial charge in [-0.2, -0.15) is 0 Å². The molecule has 0 aliphatic carbocycles. The van der Waals surface area contributed by atoms with Crippen LogP contribution in [0.5, 0.6) is 0 Å². The van der Waals surface area contributed by atoms with Crippen LogP contribution >= 0.6 is 0 Å². The first kappa shape index (κ1) is 18.6. The minimum absolute atomic E-state index is 0.0661. The summed E-state index contributed by atoms with van der Waals surface area (Å²) in [5.74, 6) is -4.09. The van der Waals surface area contributed by atoms with Crippen molar-refractivity contribution in [1.82, 2.24) is 5.06 Å². The predicted octanol–water partition coefficient (Wildman–Crippen LogP) is 0.259. The molecule has 0 aromatic heterocycles. The zero-order chi connectivity index (χ0) is 17.4. The molecule has 128 valence electrons. The lowest BCUT2D eigenvalue weighted by Crippen LogP contribution is -2.39. The standard InChI is InChI=1S/C14H19NO8/c1-3-4-7-21-13(19)8-10(22-9(2)16)14(20)23-15-11(17)5-6-12(15)18/h10H,3-8H2,1-2H3/t10-/m0/s1. The van der Waals surface area contributed by atoms with Crippen molar-refractivity contribution in [1.29, 1.82) is 0 Å². The van der Waals surface area contributed by atoms with Gasteiger partial charge in [-0.1, -0.05) is 13.3 Å². The summed E-state index contributed by atoms with van der Waals surface area (Å²) in [5.41, 5.74) is 0. The van der Waals surface area contributed by atoms with Crippen LogP contribution in [-0.4, -0.2) is 47.5 Å². The van der Waals surface area contributed by atoms with E-state index in [1.807, 2.05) is 6.92 Å². The lowest BCUT2D eigenvalue weighted by molar-refractivity contribution is -0.206. The molecule has 0 unspecified atom stereocenters. The number of rotatable bonds is 8. The van der Waals surface area contributed by atoms with Crippen LogP contribution in [0, 0.1) is 0 Å². The summed E-state index contributed by atoms with van der Waals surface area (Å²) < 4.78 is 9.58. The maximum absolute atomic E-state index is 11.9. The second-order valence-electron chi connectivity index (χ2n) is 4.87. The summed E-state index contributed by atoms with van der Waals surface area (Å²) in [4.78, 5) is 62.0. The van der Waals surface area contributed by atoms with Crippen molar-refractivity contribution in [3.05, 3.63) is 0 Å². The Hall–Kier alpha value is -2.45. The first-order valence-electron chi connectivity index (χ1n) is 7.25. The third kappa shape index (κ3) is 6.05. The SMILES string of the molecule is CCCCOC(=O)C[C@H](OC(C)=O)C(=O)ON1C(=O)CCC1=O. The summed E-state index contributed by atoms with van der Waals surface area (Å²) in [6, 6.07) is 0. The van der Waals surface area contributed by atoms with Gasteiger partial charge in [0.25, 0.3) is 11.8 Å². The average Bonchev–Trinajstić information content (AvgIpc) is 2.78. The van der Waals surface area contributed by atoms with E-state index in [2.05, 4.69) is 4.84 Å². The lowest BCUT2D eigenvalue weighted by Gasteiger charge is -2.18. The highest BCUT2D eigenvalue weighted by Gasteiger charge is 2.36. The Morgan fingerprint density at radius 1 is 1.17 bits per heavy atom. The maximum atomic E-state index is 11.9. The number of hydroxylamine groups is 2. The number of carbonyl (C=O) groups is 5. The largest absolute Gasteiger partial charge is 0.466 e. The van der Waals surface area contributed by atoms with Crippen LogP contribution in [0.15, 0.2) is 0 Å². The van der Waals surface area contributed by atoms with E-state index in [0.29, 0.717) is 11.5 Å². The van der Waals surface area contributed by atoms with Gasteiger partial charge in [0.1, 0.15) is 0 Å². The van der Waals surface area contributed by atoms with Gasteiger partial charge in [-0.05, 0) is 6.42 Å². The van der Waals surface area contributed by atoms with Gasteiger partial charge >= 0.3 is 17.9 Å². The van der Waals surface area contributed by atoms with Gasteiger partial charge in [-0.3, -0.25) is 19.2 Å². The van der Waals surface area contributed by atoms with E-state index in [1.165, 1.54) is 0 Å². The van der Waals surface area contributed by atoms with Crippen LogP contribution in [0.2, 0.25) is 0 Å². The van der Waals surface area contributed by atoms with Crippen molar-refractivity contribution in [3.8, 4) is 0 Å². The van der Waals surface area contributed by atoms with E-state index in [-0.39, 0.29) is 19.4 Å². The summed E-state index contributed by atoms with van der Waals surface area (Å²) in [7, 11) is 0. The van der Waals surface area contributed by atoms with E-state index in [0.717, 1.165) is 13.3 Å². The van der Waals surface area contributed by atoms with Crippen LogP contribution in [-0.2, 0) is 38.3 Å². The molecule has 2 amide bonds. The predicted molar refractivity (Wildman–Crippen MR) is 73.2 cm³/mol. The molecule has 0 bridgehead atoms. The normalized spacial score (nSPS) is 15.3. The molecule has 0 radical (unpaired) electrons. The molecular formula is C14H19NO8. The van der Waals surface area contributed by atoms with Gasteiger partial charge in [0.2, 0.25) is 6.10 Å². The van der Waals surface area contributed by atoms with Crippen LogP contribution in [0.3, 0.4) is 0 Å². The molecule has 9 heteroatoms. The molecule has 0 spiro atoms. The molecule has 0 aromatic rings. The number of amides is 2. The van der Waals surface area contributed by atoms with Gasteiger partial charge in [-0.15, -0.1) is 5.06 Å². The smallest absolute Gasteiger partial charge is 0.374 e. The highest BCUT2D eigenvalue weighted by molar-refractivity contribution is 6.02.